The van der Waals surface area contributed by atoms with E-state index in [1.54, 1.807) is 6.92 Å². The zero-order chi connectivity index (χ0) is 16.2. The first-order chi connectivity index (χ1) is 9.74. The van der Waals surface area contributed by atoms with Gasteiger partial charge in [-0.2, -0.15) is 0 Å². The highest BCUT2D eigenvalue weighted by molar-refractivity contribution is 6.17. The van der Waals surface area contributed by atoms with Gasteiger partial charge in [-0.25, -0.2) is 8.78 Å². The van der Waals surface area contributed by atoms with Crippen LogP contribution < -0.4 is 5.32 Å². The highest BCUT2D eigenvalue weighted by Gasteiger charge is 2.29. The first kappa shape index (κ1) is 17.3. The summed E-state index contributed by atoms with van der Waals surface area (Å²) in [5.41, 5.74) is -1.98. The number of nitro groups is 1. The molecular formula is C13H15ClF2N2O3. The molecule has 1 unspecified atom stereocenters. The number of nitro benzene ring substituents is 1. The van der Waals surface area contributed by atoms with Gasteiger partial charge in [-0.15, -0.1) is 11.6 Å². The largest absolute Gasteiger partial charge is 0.347 e. The van der Waals surface area contributed by atoms with E-state index >= 15 is 0 Å². The van der Waals surface area contributed by atoms with Gasteiger partial charge in [-0.1, -0.05) is 6.92 Å². The van der Waals surface area contributed by atoms with E-state index in [-0.39, 0.29) is 5.88 Å². The van der Waals surface area contributed by atoms with Gasteiger partial charge in [0.1, 0.15) is 5.56 Å². The molecule has 116 valence electrons. The lowest BCUT2D eigenvalue weighted by molar-refractivity contribution is -0.385. The van der Waals surface area contributed by atoms with E-state index in [1.165, 1.54) is 0 Å². The topological polar surface area (TPSA) is 72.2 Å². The maximum Gasteiger partial charge on any atom is 0.285 e. The summed E-state index contributed by atoms with van der Waals surface area (Å²) in [5.74, 6) is -3.25. The van der Waals surface area contributed by atoms with Gasteiger partial charge in [0.25, 0.3) is 11.6 Å². The Morgan fingerprint density at radius 2 is 2.00 bits per heavy atom. The van der Waals surface area contributed by atoms with Crippen molar-refractivity contribution in [3.05, 3.63) is 39.4 Å². The van der Waals surface area contributed by atoms with E-state index in [0.29, 0.717) is 25.0 Å². The average molecular weight is 321 g/mol. The predicted molar refractivity (Wildman–Crippen MR) is 74.5 cm³/mol. The van der Waals surface area contributed by atoms with Gasteiger partial charge >= 0.3 is 0 Å². The van der Waals surface area contributed by atoms with Crippen LogP contribution in [0.1, 0.15) is 37.0 Å². The fourth-order valence-corrected chi connectivity index (χ4v) is 2.16. The fourth-order valence-electron chi connectivity index (χ4n) is 1.75. The summed E-state index contributed by atoms with van der Waals surface area (Å²) >= 11 is 5.65. The summed E-state index contributed by atoms with van der Waals surface area (Å²) in [5, 5.41) is 13.5. The van der Waals surface area contributed by atoms with Gasteiger partial charge in [0.2, 0.25) is 0 Å². The van der Waals surface area contributed by atoms with Crippen molar-refractivity contribution >= 4 is 23.2 Å². The molecule has 1 N–H and O–H groups in total. The number of halogens is 3. The molecule has 1 amide bonds. The molecule has 0 spiro atoms. The second kappa shape index (κ2) is 6.80. The Hall–Kier alpha value is -1.76. The Bertz CT molecular complexity index is 569. The number of nitrogens with zero attached hydrogens (tertiary/aromatic N) is 1. The molecule has 1 aromatic carbocycles. The molecule has 0 radical (unpaired) electrons. The lowest BCUT2D eigenvalue weighted by atomic mass is 9.94. The predicted octanol–water partition coefficient (Wildman–Crippen LogP) is 3.40. The van der Waals surface area contributed by atoms with E-state index in [2.05, 4.69) is 5.32 Å². The SMILES string of the molecule is CCC(C)(CCCl)NC(=O)c1cc(F)c(F)cc1[N+](=O)[O-]. The minimum atomic E-state index is -1.38. The van der Waals surface area contributed by atoms with Crippen LogP contribution in [-0.2, 0) is 0 Å². The van der Waals surface area contributed by atoms with Gasteiger partial charge < -0.3 is 5.32 Å². The van der Waals surface area contributed by atoms with Crippen LogP contribution >= 0.6 is 11.6 Å². The maximum absolute atomic E-state index is 13.2. The third-order valence-corrected chi connectivity index (χ3v) is 3.51. The van der Waals surface area contributed by atoms with Crippen molar-refractivity contribution in [3.8, 4) is 0 Å². The number of carbonyl (C=O) groups is 1. The van der Waals surface area contributed by atoms with Gasteiger partial charge in [0, 0.05) is 11.4 Å². The number of nitrogens with one attached hydrogen (secondary N) is 1. The summed E-state index contributed by atoms with van der Waals surface area (Å²) < 4.78 is 26.3. The standard InChI is InChI=1S/C13H15ClF2N2O3/c1-3-13(2,4-5-14)17-12(19)8-6-9(15)10(16)7-11(8)18(20)21/h6-7H,3-5H2,1-2H3,(H,17,19). The summed E-state index contributed by atoms with van der Waals surface area (Å²) in [7, 11) is 0. The number of hydrogen-bond donors (Lipinski definition) is 1. The third kappa shape index (κ3) is 4.10. The second-order valence-corrected chi connectivity index (χ2v) is 5.23. The summed E-state index contributed by atoms with van der Waals surface area (Å²) in [6.45, 7) is 3.53. The molecule has 21 heavy (non-hydrogen) atoms. The molecule has 0 saturated heterocycles. The highest BCUT2D eigenvalue weighted by atomic mass is 35.5. The first-order valence-electron chi connectivity index (χ1n) is 6.26. The lowest BCUT2D eigenvalue weighted by Gasteiger charge is -2.28. The Kier molecular flexibility index (Phi) is 5.60. The van der Waals surface area contributed by atoms with E-state index in [0.717, 1.165) is 0 Å². The molecule has 0 fully saturated rings. The van der Waals surface area contributed by atoms with Crippen molar-refractivity contribution in [1.82, 2.24) is 5.32 Å². The third-order valence-electron chi connectivity index (χ3n) is 3.32. The smallest absolute Gasteiger partial charge is 0.285 e. The van der Waals surface area contributed by atoms with Gasteiger partial charge in [0.15, 0.2) is 11.6 Å². The molecule has 0 heterocycles. The maximum atomic E-state index is 13.2. The van der Waals surface area contributed by atoms with Crippen LogP contribution in [0.25, 0.3) is 0 Å². The Balaban J connectivity index is 3.18. The normalized spacial score (nSPS) is 13.6. The Morgan fingerprint density at radius 3 is 2.48 bits per heavy atom. The van der Waals surface area contributed by atoms with E-state index in [1.807, 2.05) is 6.92 Å². The van der Waals surface area contributed by atoms with Crippen molar-refractivity contribution in [2.75, 3.05) is 5.88 Å². The van der Waals surface area contributed by atoms with Gasteiger partial charge in [-0.05, 0) is 25.8 Å². The van der Waals surface area contributed by atoms with Crippen molar-refractivity contribution in [2.45, 2.75) is 32.2 Å². The molecule has 0 aromatic heterocycles. The number of hydrogen-bond acceptors (Lipinski definition) is 3. The molecule has 8 heteroatoms. The summed E-state index contributed by atoms with van der Waals surface area (Å²) in [6, 6.07) is 0.925. The monoisotopic (exact) mass is 320 g/mol. The van der Waals surface area contributed by atoms with E-state index < -0.39 is 39.3 Å². The molecule has 0 saturated carbocycles. The van der Waals surface area contributed by atoms with Gasteiger partial charge in [0.05, 0.1) is 11.0 Å². The van der Waals surface area contributed by atoms with Crippen LogP contribution in [0.5, 0.6) is 0 Å². The lowest BCUT2D eigenvalue weighted by Crippen LogP contribution is -2.46. The zero-order valence-corrected chi connectivity index (χ0v) is 12.3. The molecule has 5 nitrogen and oxygen atoms in total. The first-order valence-corrected chi connectivity index (χ1v) is 6.79. The molecule has 0 aliphatic heterocycles. The number of amides is 1. The quantitative estimate of drug-likeness (QED) is 0.496. The number of carbonyl (C=O) groups excluding carboxylic acids is 1. The van der Waals surface area contributed by atoms with Crippen LogP contribution in [0, 0.1) is 21.7 Å². The van der Waals surface area contributed by atoms with Crippen molar-refractivity contribution < 1.29 is 18.5 Å². The molecular weight excluding hydrogens is 306 g/mol. The Morgan fingerprint density at radius 1 is 1.43 bits per heavy atom. The number of alkyl halides is 1. The molecule has 1 aromatic rings. The van der Waals surface area contributed by atoms with Crippen molar-refractivity contribution in [2.24, 2.45) is 0 Å². The molecule has 0 bridgehead atoms. The summed E-state index contributed by atoms with van der Waals surface area (Å²) in [6.07, 6.45) is 0.969. The fraction of sp³-hybridized carbons (Fsp3) is 0.462. The molecule has 1 atom stereocenters. The number of benzene rings is 1. The molecule has 1 rings (SSSR count). The van der Waals surface area contributed by atoms with E-state index in [9.17, 15) is 23.7 Å². The zero-order valence-electron chi connectivity index (χ0n) is 11.6. The van der Waals surface area contributed by atoms with E-state index in [4.69, 9.17) is 11.6 Å². The van der Waals surface area contributed by atoms with Crippen molar-refractivity contribution in [1.29, 1.82) is 0 Å². The number of rotatable bonds is 6. The molecule has 0 aliphatic rings. The van der Waals surface area contributed by atoms with Crippen LogP contribution in [0.4, 0.5) is 14.5 Å². The van der Waals surface area contributed by atoms with Gasteiger partial charge in [-0.3, -0.25) is 14.9 Å². The van der Waals surface area contributed by atoms with Crippen LogP contribution in [0.3, 0.4) is 0 Å². The molecule has 0 aliphatic carbocycles. The summed E-state index contributed by atoms with van der Waals surface area (Å²) in [4.78, 5) is 22.1. The van der Waals surface area contributed by atoms with Crippen LogP contribution in [0.2, 0.25) is 0 Å². The minimum absolute atomic E-state index is 0.282. The van der Waals surface area contributed by atoms with Crippen LogP contribution in [-0.4, -0.2) is 22.2 Å². The van der Waals surface area contributed by atoms with Crippen molar-refractivity contribution in [3.63, 3.8) is 0 Å². The van der Waals surface area contributed by atoms with Crippen LogP contribution in [0.15, 0.2) is 12.1 Å². The highest BCUT2D eigenvalue weighted by Crippen LogP contribution is 2.24. The minimum Gasteiger partial charge on any atom is -0.347 e. The second-order valence-electron chi connectivity index (χ2n) is 4.85. The Labute approximate surface area is 125 Å². The average Bonchev–Trinajstić information content (AvgIpc) is 2.41.